The van der Waals surface area contributed by atoms with Gasteiger partial charge in [0.1, 0.15) is 10.4 Å². The van der Waals surface area contributed by atoms with E-state index in [2.05, 4.69) is 5.32 Å². The highest BCUT2D eigenvalue weighted by Crippen LogP contribution is 2.31. The number of thioether (sulfide) groups is 1. The van der Waals surface area contributed by atoms with E-state index in [1.54, 1.807) is 24.3 Å². The molecule has 0 atom stereocenters. The normalized spacial score (nSPS) is 15.9. The average molecular weight is 306 g/mol. The van der Waals surface area contributed by atoms with Crippen molar-refractivity contribution in [2.75, 3.05) is 13.7 Å². The quantitative estimate of drug-likeness (QED) is 0.678. The van der Waals surface area contributed by atoms with Gasteiger partial charge >= 0.3 is 0 Å². The van der Waals surface area contributed by atoms with Crippen LogP contribution in [0, 0.1) is 11.3 Å². The van der Waals surface area contributed by atoms with Crippen molar-refractivity contribution in [1.82, 2.24) is 5.32 Å². The predicted octanol–water partition coefficient (Wildman–Crippen LogP) is 2.09. The highest BCUT2D eigenvalue weighted by molar-refractivity contribution is 8.26. The number of thiocarbonyl (C=S) groups is 1. The summed E-state index contributed by atoms with van der Waals surface area (Å²) in [5.74, 6) is 0.777. The third-order valence-electron chi connectivity index (χ3n) is 2.42. The second-order valence-corrected chi connectivity index (χ2v) is 5.43. The maximum atomic E-state index is 11.6. The van der Waals surface area contributed by atoms with Gasteiger partial charge in [0.2, 0.25) is 0 Å². The van der Waals surface area contributed by atoms with Gasteiger partial charge in [0.15, 0.2) is 18.1 Å². The second kappa shape index (κ2) is 6.41. The number of nitriles is 1. The number of hydrogen-bond acceptors (Lipinski definition) is 6. The lowest BCUT2D eigenvalue weighted by atomic mass is 10.2. The molecule has 1 amide bonds. The fraction of sp³-hybridized carbons (Fsp3) is 0.154. The van der Waals surface area contributed by atoms with Gasteiger partial charge in [0, 0.05) is 0 Å². The van der Waals surface area contributed by atoms with Crippen molar-refractivity contribution < 1.29 is 14.3 Å². The highest BCUT2D eigenvalue weighted by Gasteiger charge is 2.22. The molecule has 0 spiro atoms. The first-order chi connectivity index (χ1) is 9.63. The molecule has 0 aromatic heterocycles. The molecule has 1 saturated heterocycles. The van der Waals surface area contributed by atoms with Crippen LogP contribution in [0.3, 0.4) is 0 Å². The summed E-state index contributed by atoms with van der Waals surface area (Å²) in [6, 6.07) is 7.09. The van der Waals surface area contributed by atoms with Gasteiger partial charge in [0.25, 0.3) is 5.91 Å². The summed E-state index contributed by atoms with van der Waals surface area (Å²) in [5, 5.41) is 11.1. The van der Waals surface area contributed by atoms with Crippen LogP contribution in [-0.4, -0.2) is 23.9 Å². The van der Waals surface area contributed by atoms with Crippen molar-refractivity contribution in [2.24, 2.45) is 0 Å². The summed E-state index contributed by atoms with van der Waals surface area (Å²) in [4.78, 5) is 12.1. The summed E-state index contributed by atoms with van der Waals surface area (Å²) in [6.45, 7) is -0.0523. The molecule has 7 heteroatoms. The molecule has 0 aliphatic carbocycles. The molecule has 20 heavy (non-hydrogen) atoms. The van der Waals surface area contributed by atoms with Crippen LogP contribution in [0.5, 0.6) is 11.5 Å². The van der Waals surface area contributed by atoms with Crippen molar-refractivity contribution in [3.63, 3.8) is 0 Å². The van der Waals surface area contributed by atoms with Crippen LogP contribution in [0.2, 0.25) is 0 Å². The zero-order valence-electron chi connectivity index (χ0n) is 10.5. The van der Waals surface area contributed by atoms with E-state index >= 15 is 0 Å². The maximum absolute atomic E-state index is 11.6. The first kappa shape index (κ1) is 14.4. The molecular weight excluding hydrogens is 296 g/mol. The van der Waals surface area contributed by atoms with Crippen molar-refractivity contribution in [1.29, 1.82) is 5.26 Å². The van der Waals surface area contributed by atoms with E-state index < -0.39 is 0 Å². The summed E-state index contributed by atoms with van der Waals surface area (Å²) < 4.78 is 10.9. The summed E-state index contributed by atoms with van der Waals surface area (Å²) in [5.41, 5.74) is 0.786. The topological polar surface area (TPSA) is 71.3 Å². The van der Waals surface area contributed by atoms with E-state index in [-0.39, 0.29) is 12.5 Å². The Morgan fingerprint density at radius 3 is 2.90 bits per heavy atom. The Hall–Kier alpha value is -2.04. The van der Waals surface area contributed by atoms with Crippen molar-refractivity contribution in [3.8, 4) is 17.6 Å². The van der Waals surface area contributed by atoms with Crippen LogP contribution in [-0.2, 0) is 4.79 Å². The number of rotatable bonds is 4. The molecule has 1 aromatic carbocycles. The molecular formula is C13H10N2O3S2. The number of ether oxygens (including phenoxy) is 2. The van der Waals surface area contributed by atoms with E-state index in [9.17, 15) is 4.79 Å². The van der Waals surface area contributed by atoms with E-state index in [1.807, 2.05) is 6.07 Å². The molecule has 1 aromatic rings. The van der Waals surface area contributed by atoms with E-state index in [0.29, 0.717) is 20.7 Å². The standard InChI is InChI=1S/C13H10N2O3S2/c1-17-10-6-8(2-3-9(10)18-5-4-14)7-11-12(16)15-13(19)20-11/h2-3,6-7H,5H2,1H3,(H,15,16,19)/b11-7-. The number of carbonyl (C=O) groups excluding carboxylic acids is 1. The second-order valence-electron chi connectivity index (χ2n) is 3.71. The van der Waals surface area contributed by atoms with Gasteiger partial charge in [-0.05, 0) is 23.8 Å². The minimum absolute atomic E-state index is 0.0523. The summed E-state index contributed by atoms with van der Waals surface area (Å²) in [7, 11) is 1.51. The minimum atomic E-state index is -0.205. The molecule has 1 aliphatic heterocycles. The van der Waals surface area contributed by atoms with Crippen LogP contribution in [0.1, 0.15) is 5.56 Å². The molecule has 102 valence electrons. The Balaban J connectivity index is 2.26. The first-order valence-electron chi connectivity index (χ1n) is 5.56. The summed E-state index contributed by atoms with van der Waals surface area (Å²) >= 11 is 6.14. The largest absolute Gasteiger partial charge is 0.493 e. The van der Waals surface area contributed by atoms with Crippen LogP contribution >= 0.6 is 24.0 Å². The molecule has 1 fully saturated rings. The fourth-order valence-corrected chi connectivity index (χ4v) is 2.62. The number of nitrogens with one attached hydrogen (secondary N) is 1. The molecule has 1 aliphatic rings. The number of nitrogens with zero attached hydrogens (tertiary/aromatic N) is 1. The van der Waals surface area contributed by atoms with Gasteiger partial charge in [-0.15, -0.1) is 0 Å². The molecule has 5 nitrogen and oxygen atoms in total. The number of amides is 1. The number of methoxy groups -OCH3 is 1. The zero-order valence-corrected chi connectivity index (χ0v) is 12.1. The minimum Gasteiger partial charge on any atom is -0.493 e. The molecule has 0 bridgehead atoms. The van der Waals surface area contributed by atoms with Crippen LogP contribution in [0.25, 0.3) is 6.08 Å². The molecule has 0 unspecified atom stereocenters. The summed E-state index contributed by atoms with van der Waals surface area (Å²) in [6.07, 6.45) is 1.72. The zero-order chi connectivity index (χ0) is 14.5. The van der Waals surface area contributed by atoms with Gasteiger partial charge in [-0.2, -0.15) is 5.26 Å². The van der Waals surface area contributed by atoms with E-state index in [4.69, 9.17) is 27.0 Å². The van der Waals surface area contributed by atoms with Gasteiger partial charge in [0.05, 0.1) is 12.0 Å². The predicted molar refractivity (Wildman–Crippen MR) is 80.4 cm³/mol. The third kappa shape index (κ3) is 3.29. The fourth-order valence-electron chi connectivity index (χ4n) is 1.58. The van der Waals surface area contributed by atoms with E-state index in [1.165, 1.54) is 18.9 Å². The van der Waals surface area contributed by atoms with Crippen molar-refractivity contribution in [2.45, 2.75) is 0 Å². The number of benzene rings is 1. The Morgan fingerprint density at radius 1 is 1.50 bits per heavy atom. The maximum Gasteiger partial charge on any atom is 0.263 e. The Bertz CT molecular complexity index is 635. The monoisotopic (exact) mass is 306 g/mol. The van der Waals surface area contributed by atoms with Crippen molar-refractivity contribution in [3.05, 3.63) is 28.7 Å². The highest BCUT2D eigenvalue weighted by atomic mass is 32.2. The molecule has 1 heterocycles. The molecule has 1 N–H and O–H groups in total. The van der Waals surface area contributed by atoms with Crippen LogP contribution in [0.4, 0.5) is 0 Å². The number of hydrogen-bond donors (Lipinski definition) is 1. The SMILES string of the molecule is COc1cc(/C=C2\SC(=S)NC2=O)ccc1OCC#N. The van der Waals surface area contributed by atoms with Gasteiger partial charge in [-0.3, -0.25) is 4.79 Å². The molecule has 2 rings (SSSR count). The Labute approximate surface area is 125 Å². The van der Waals surface area contributed by atoms with Gasteiger partial charge < -0.3 is 14.8 Å². The third-order valence-corrected chi connectivity index (χ3v) is 3.58. The van der Waals surface area contributed by atoms with Gasteiger partial charge in [-0.25, -0.2) is 0 Å². The smallest absolute Gasteiger partial charge is 0.263 e. The lowest BCUT2D eigenvalue weighted by Crippen LogP contribution is -2.17. The Morgan fingerprint density at radius 2 is 2.30 bits per heavy atom. The van der Waals surface area contributed by atoms with Crippen LogP contribution < -0.4 is 14.8 Å². The molecule has 0 radical (unpaired) electrons. The molecule has 0 saturated carbocycles. The average Bonchev–Trinajstić information content (AvgIpc) is 2.75. The lowest BCUT2D eigenvalue weighted by Gasteiger charge is -2.08. The first-order valence-corrected chi connectivity index (χ1v) is 6.79. The van der Waals surface area contributed by atoms with Crippen molar-refractivity contribution >= 4 is 40.3 Å². The Kier molecular flexibility index (Phi) is 4.61. The lowest BCUT2D eigenvalue weighted by molar-refractivity contribution is -0.115. The number of carbonyl (C=O) groups is 1. The van der Waals surface area contributed by atoms with Gasteiger partial charge in [-0.1, -0.05) is 30.0 Å². The van der Waals surface area contributed by atoms with E-state index in [0.717, 1.165) is 5.56 Å². The van der Waals surface area contributed by atoms with Crippen LogP contribution in [0.15, 0.2) is 23.1 Å².